The molecule has 1 amide bonds. The fourth-order valence-electron chi connectivity index (χ4n) is 2.50. The van der Waals surface area contributed by atoms with Crippen LogP contribution in [0, 0.1) is 3.57 Å². The minimum absolute atomic E-state index is 0.0252. The zero-order valence-electron chi connectivity index (χ0n) is 11.1. The lowest BCUT2D eigenvalue weighted by molar-refractivity contribution is 0.0949. The van der Waals surface area contributed by atoms with Crippen molar-refractivity contribution in [3.63, 3.8) is 0 Å². The summed E-state index contributed by atoms with van der Waals surface area (Å²) >= 11 is 2.20. The molecule has 0 radical (unpaired) electrons. The zero-order chi connectivity index (χ0) is 14.0. The first-order valence-corrected chi connectivity index (χ1v) is 7.87. The van der Waals surface area contributed by atoms with Crippen LogP contribution in [-0.4, -0.2) is 12.5 Å². The quantitative estimate of drug-likeness (QED) is 0.808. The molecule has 0 heterocycles. The second-order valence-electron chi connectivity index (χ2n) is 5.31. The molecule has 0 unspecified atom stereocenters. The van der Waals surface area contributed by atoms with Gasteiger partial charge in [0.1, 0.15) is 0 Å². The van der Waals surface area contributed by atoms with Gasteiger partial charge in [0.25, 0.3) is 5.91 Å². The van der Waals surface area contributed by atoms with Crippen LogP contribution in [-0.2, 0) is 5.41 Å². The molecule has 2 aromatic rings. The molecular formula is C17H16INO. The Labute approximate surface area is 132 Å². The zero-order valence-corrected chi connectivity index (χ0v) is 13.3. The summed E-state index contributed by atoms with van der Waals surface area (Å²) < 4.78 is 0.993. The second-order valence-corrected chi connectivity index (χ2v) is 6.47. The second kappa shape index (κ2) is 5.56. The summed E-state index contributed by atoms with van der Waals surface area (Å²) in [6, 6.07) is 18.2. The maximum Gasteiger partial charge on any atom is 0.252 e. The molecule has 1 N–H and O–H groups in total. The molecular weight excluding hydrogens is 361 g/mol. The molecule has 1 aliphatic carbocycles. The molecule has 102 valence electrons. The summed E-state index contributed by atoms with van der Waals surface area (Å²) in [5, 5.41) is 3.10. The summed E-state index contributed by atoms with van der Waals surface area (Å²) in [6.45, 7) is 0.723. The Hall–Kier alpha value is -1.36. The minimum atomic E-state index is 0.0252. The Morgan fingerprint density at radius 3 is 2.35 bits per heavy atom. The Morgan fingerprint density at radius 1 is 1.05 bits per heavy atom. The van der Waals surface area contributed by atoms with E-state index in [2.05, 4.69) is 52.2 Å². The fourth-order valence-corrected chi connectivity index (χ4v) is 3.13. The molecule has 0 saturated heterocycles. The number of halogens is 1. The SMILES string of the molecule is O=C(NCC1(c2ccccc2)CC1)c1ccccc1I. The average Bonchev–Trinajstić information content (AvgIpc) is 3.27. The van der Waals surface area contributed by atoms with Crippen molar-refractivity contribution >= 4 is 28.5 Å². The van der Waals surface area contributed by atoms with Crippen LogP contribution in [0.15, 0.2) is 54.6 Å². The molecule has 3 heteroatoms. The molecule has 0 bridgehead atoms. The van der Waals surface area contributed by atoms with E-state index in [0.29, 0.717) is 0 Å². The third-order valence-corrected chi connectivity index (χ3v) is 4.89. The number of hydrogen-bond acceptors (Lipinski definition) is 1. The van der Waals surface area contributed by atoms with Gasteiger partial charge in [-0.3, -0.25) is 4.79 Å². The minimum Gasteiger partial charge on any atom is -0.351 e. The third-order valence-electron chi connectivity index (χ3n) is 3.95. The van der Waals surface area contributed by atoms with Gasteiger partial charge in [-0.2, -0.15) is 0 Å². The summed E-state index contributed by atoms with van der Waals surface area (Å²) in [4.78, 5) is 12.3. The summed E-state index contributed by atoms with van der Waals surface area (Å²) in [5.41, 5.74) is 2.26. The highest BCUT2D eigenvalue weighted by Gasteiger charge is 2.44. The van der Waals surface area contributed by atoms with Crippen molar-refractivity contribution in [2.75, 3.05) is 6.54 Å². The van der Waals surface area contributed by atoms with Gasteiger partial charge in [0, 0.05) is 15.5 Å². The van der Waals surface area contributed by atoms with Gasteiger partial charge in [0.15, 0.2) is 0 Å². The predicted molar refractivity (Wildman–Crippen MR) is 88.8 cm³/mol. The normalized spacial score (nSPS) is 15.7. The first-order valence-electron chi connectivity index (χ1n) is 6.80. The Bertz CT molecular complexity index is 620. The smallest absolute Gasteiger partial charge is 0.252 e. The molecule has 2 aromatic carbocycles. The van der Waals surface area contributed by atoms with E-state index in [1.807, 2.05) is 30.3 Å². The predicted octanol–water partition coefficient (Wildman–Crippen LogP) is 3.75. The maximum atomic E-state index is 12.3. The highest BCUT2D eigenvalue weighted by atomic mass is 127. The molecule has 1 aliphatic rings. The summed E-state index contributed by atoms with van der Waals surface area (Å²) in [6.07, 6.45) is 2.31. The lowest BCUT2D eigenvalue weighted by Crippen LogP contribution is -2.32. The highest BCUT2D eigenvalue weighted by molar-refractivity contribution is 14.1. The number of carbonyl (C=O) groups is 1. The summed E-state index contributed by atoms with van der Waals surface area (Å²) in [7, 11) is 0. The van der Waals surface area contributed by atoms with Gasteiger partial charge in [-0.05, 0) is 53.1 Å². The topological polar surface area (TPSA) is 29.1 Å². The van der Waals surface area contributed by atoms with Crippen LogP contribution in [0.5, 0.6) is 0 Å². The van der Waals surface area contributed by atoms with Crippen molar-refractivity contribution in [2.24, 2.45) is 0 Å². The number of rotatable bonds is 4. The molecule has 3 rings (SSSR count). The average molecular weight is 377 g/mol. The van der Waals surface area contributed by atoms with Crippen LogP contribution < -0.4 is 5.32 Å². The van der Waals surface area contributed by atoms with Crippen molar-refractivity contribution < 1.29 is 4.79 Å². The number of nitrogens with one attached hydrogen (secondary N) is 1. The monoisotopic (exact) mass is 377 g/mol. The van der Waals surface area contributed by atoms with Gasteiger partial charge in [-0.25, -0.2) is 0 Å². The molecule has 1 saturated carbocycles. The Morgan fingerprint density at radius 2 is 1.70 bits per heavy atom. The van der Waals surface area contributed by atoms with Gasteiger partial charge in [0.2, 0.25) is 0 Å². The standard InChI is InChI=1S/C17H16INO/c18-15-9-5-4-8-14(15)16(20)19-12-17(10-11-17)13-6-2-1-3-7-13/h1-9H,10-12H2,(H,19,20). The van der Waals surface area contributed by atoms with Crippen LogP contribution in [0.2, 0.25) is 0 Å². The van der Waals surface area contributed by atoms with E-state index in [1.54, 1.807) is 0 Å². The van der Waals surface area contributed by atoms with Crippen molar-refractivity contribution in [2.45, 2.75) is 18.3 Å². The number of carbonyl (C=O) groups excluding carboxylic acids is 1. The van der Waals surface area contributed by atoms with Crippen LogP contribution in [0.3, 0.4) is 0 Å². The van der Waals surface area contributed by atoms with Crippen LogP contribution in [0.25, 0.3) is 0 Å². The van der Waals surface area contributed by atoms with E-state index < -0.39 is 0 Å². The number of hydrogen-bond donors (Lipinski definition) is 1. The van der Waals surface area contributed by atoms with Gasteiger partial charge in [0.05, 0.1) is 5.56 Å². The summed E-state index contributed by atoms with van der Waals surface area (Å²) in [5.74, 6) is 0.0252. The number of benzene rings is 2. The van der Waals surface area contributed by atoms with Crippen molar-refractivity contribution in [3.8, 4) is 0 Å². The molecule has 0 aliphatic heterocycles. The maximum absolute atomic E-state index is 12.3. The molecule has 1 fully saturated rings. The lowest BCUT2D eigenvalue weighted by atomic mass is 9.96. The Balaban J connectivity index is 1.69. The molecule has 2 nitrogen and oxygen atoms in total. The molecule has 0 aromatic heterocycles. The number of amides is 1. The Kier molecular flexibility index (Phi) is 3.78. The van der Waals surface area contributed by atoms with Gasteiger partial charge in [-0.15, -0.1) is 0 Å². The van der Waals surface area contributed by atoms with E-state index in [0.717, 1.165) is 28.5 Å². The van der Waals surface area contributed by atoms with E-state index in [4.69, 9.17) is 0 Å². The van der Waals surface area contributed by atoms with Crippen molar-refractivity contribution in [1.29, 1.82) is 0 Å². The van der Waals surface area contributed by atoms with E-state index in [9.17, 15) is 4.79 Å². The lowest BCUT2D eigenvalue weighted by Gasteiger charge is -2.17. The van der Waals surface area contributed by atoms with Gasteiger partial charge >= 0.3 is 0 Å². The third kappa shape index (κ3) is 2.73. The first kappa shape index (κ1) is 13.6. The van der Waals surface area contributed by atoms with Gasteiger partial charge in [-0.1, -0.05) is 42.5 Å². The molecule has 0 spiro atoms. The molecule has 20 heavy (non-hydrogen) atoms. The van der Waals surface area contributed by atoms with Gasteiger partial charge < -0.3 is 5.32 Å². The first-order chi connectivity index (χ1) is 9.71. The highest BCUT2D eigenvalue weighted by Crippen LogP contribution is 2.47. The van der Waals surface area contributed by atoms with Crippen LogP contribution in [0.1, 0.15) is 28.8 Å². The largest absolute Gasteiger partial charge is 0.351 e. The van der Waals surface area contributed by atoms with E-state index in [-0.39, 0.29) is 11.3 Å². The van der Waals surface area contributed by atoms with Crippen LogP contribution in [0.4, 0.5) is 0 Å². The van der Waals surface area contributed by atoms with Crippen molar-refractivity contribution in [3.05, 3.63) is 69.3 Å². The molecule has 0 atom stereocenters. The van der Waals surface area contributed by atoms with Crippen LogP contribution >= 0.6 is 22.6 Å². The van der Waals surface area contributed by atoms with E-state index in [1.165, 1.54) is 5.56 Å². The van der Waals surface area contributed by atoms with Crippen molar-refractivity contribution in [1.82, 2.24) is 5.32 Å². The fraction of sp³-hybridized carbons (Fsp3) is 0.235. The van der Waals surface area contributed by atoms with E-state index >= 15 is 0 Å².